The van der Waals surface area contributed by atoms with Crippen LogP contribution in [0.1, 0.15) is 18.9 Å². The maximum atomic E-state index is 11.7. The fourth-order valence-corrected chi connectivity index (χ4v) is 1.79. The molecule has 2 N–H and O–H groups in total. The number of carbonyl (C=O) groups is 2. The lowest BCUT2D eigenvalue weighted by atomic mass is 10.1. The minimum absolute atomic E-state index is 0.111. The van der Waals surface area contributed by atoms with Crippen molar-refractivity contribution >= 4 is 17.6 Å². The molecule has 1 saturated heterocycles. The van der Waals surface area contributed by atoms with Crippen LogP contribution in [0.3, 0.4) is 0 Å². The van der Waals surface area contributed by atoms with Crippen molar-refractivity contribution in [1.82, 2.24) is 9.88 Å². The lowest BCUT2D eigenvalue weighted by molar-refractivity contribution is -0.139. The molecule has 0 aliphatic carbocycles. The highest BCUT2D eigenvalue weighted by molar-refractivity contribution is 6.03. The van der Waals surface area contributed by atoms with E-state index in [1.54, 1.807) is 25.3 Å². The van der Waals surface area contributed by atoms with Gasteiger partial charge in [0.25, 0.3) is 0 Å². The fraction of sp³-hybridized carbons (Fsp3) is 0.364. The van der Waals surface area contributed by atoms with Crippen LogP contribution in [0, 0.1) is 5.92 Å². The summed E-state index contributed by atoms with van der Waals surface area (Å²) >= 11 is 0. The van der Waals surface area contributed by atoms with E-state index in [-0.39, 0.29) is 24.3 Å². The number of imide groups is 1. The van der Waals surface area contributed by atoms with Crippen molar-refractivity contribution in [3.05, 3.63) is 23.9 Å². The summed E-state index contributed by atoms with van der Waals surface area (Å²) < 4.78 is 0. The maximum Gasteiger partial charge on any atom is 0.232 e. The van der Waals surface area contributed by atoms with Gasteiger partial charge in [-0.15, -0.1) is 0 Å². The quantitative estimate of drug-likeness (QED) is 0.737. The third-order valence-corrected chi connectivity index (χ3v) is 2.66. The Hall–Kier alpha value is -1.91. The Morgan fingerprint density at radius 3 is 2.88 bits per heavy atom. The van der Waals surface area contributed by atoms with Gasteiger partial charge in [-0.2, -0.15) is 0 Å². The van der Waals surface area contributed by atoms with Crippen molar-refractivity contribution in [1.29, 1.82) is 0 Å². The number of anilines is 1. The highest BCUT2D eigenvalue weighted by Gasteiger charge is 2.35. The van der Waals surface area contributed by atoms with E-state index < -0.39 is 0 Å². The number of carbonyl (C=O) groups excluding carboxylic acids is 2. The number of hydrogen-bond acceptors (Lipinski definition) is 4. The zero-order valence-electron chi connectivity index (χ0n) is 9.01. The Morgan fingerprint density at radius 1 is 1.56 bits per heavy atom. The third-order valence-electron chi connectivity index (χ3n) is 2.66. The number of hydrogen-bond donors (Lipinski definition) is 1. The van der Waals surface area contributed by atoms with Gasteiger partial charge < -0.3 is 5.73 Å². The predicted molar refractivity (Wildman–Crippen MR) is 58.0 cm³/mol. The molecule has 2 amide bonds. The van der Waals surface area contributed by atoms with E-state index in [4.69, 9.17) is 5.73 Å². The van der Waals surface area contributed by atoms with Crippen LogP contribution in [0.2, 0.25) is 0 Å². The summed E-state index contributed by atoms with van der Waals surface area (Å²) in [4.78, 5) is 28.3. The standard InChI is InChI=1S/C11H13N3O2/c1-7-4-10(15)14(11(7)16)6-8-2-3-13-9(12)5-8/h2-3,5,7H,4,6H2,1H3,(H2,12,13). The minimum Gasteiger partial charge on any atom is -0.384 e. The molecule has 5 nitrogen and oxygen atoms in total. The normalized spacial score (nSPS) is 20.6. The third kappa shape index (κ3) is 1.88. The van der Waals surface area contributed by atoms with E-state index in [9.17, 15) is 9.59 Å². The maximum absolute atomic E-state index is 11.7. The van der Waals surface area contributed by atoms with Crippen LogP contribution >= 0.6 is 0 Å². The second kappa shape index (κ2) is 3.92. The Labute approximate surface area is 93.3 Å². The average molecular weight is 219 g/mol. The van der Waals surface area contributed by atoms with Crippen molar-refractivity contribution in [3.63, 3.8) is 0 Å². The smallest absolute Gasteiger partial charge is 0.232 e. The predicted octanol–water partition coefficient (Wildman–Crippen LogP) is 0.559. The summed E-state index contributed by atoms with van der Waals surface area (Å²) in [5, 5.41) is 0. The summed E-state index contributed by atoms with van der Waals surface area (Å²) in [7, 11) is 0. The van der Waals surface area contributed by atoms with Crippen LogP contribution in [0.5, 0.6) is 0 Å². The first kappa shape index (κ1) is 10.6. The van der Waals surface area contributed by atoms with Crippen molar-refractivity contribution in [2.24, 2.45) is 5.92 Å². The van der Waals surface area contributed by atoms with Gasteiger partial charge in [-0.3, -0.25) is 14.5 Å². The first-order valence-electron chi connectivity index (χ1n) is 5.12. The number of nitrogens with zero attached hydrogens (tertiary/aromatic N) is 2. The second-order valence-corrected chi connectivity index (χ2v) is 4.01. The zero-order valence-corrected chi connectivity index (χ0v) is 9.01. The molecule has 84 valence electrons. The molecule has 16 heavy (non-hydrogen) atoms. The van der Waals surface area contributed by atoms with E-state index in [0.717, 1.165) is 5.56 Å². The average Bonchev–Trinajstić information content (AvgIpc) is 2.45. The minimum atomic E-state index is -0.202. The van der Waals surface area contributed by atoms with E-state index >= 15 is 0 Å². The van der Waals surface area contributed by atoms with Gasteiger partial charge >= 0.3 is 0 Å². The van der Waals surface area contributed by atoms with Crippen LogP contribution in [-0.2, 0) is 16.1 Å². The lowest BCUT2D eigenvalue weighted by Crippen LogP contribution is -2.29. The molecule has 1 aliphatic rings. The van der Waals surface area contributed by atoms with E-state index in [1.165, 1.54) is 4.90 Å². The van der Waals surface area contributed by atoms with Crippen LogP contribution in [-0.4, -0.2) is 21.7 Å². The van der Waals surface area contributed by atoms with Gasteiger partial charge in [-0.05, 0) is 17.7 Å². The number of aromatic nitrogens is 1. The van der Waals surface area contributed by atoms with Gasteiger partial charge in [0.2, 0.25) is 11.8 Å². The second-order valence-electron chi connectivity index (χ2n) is 4.01. The highest BCUT2D eigenvalue weighted by atomic mass is 16.2. The summed E-state index contributed by atoms with van der Waals surface area (Å²) in [5.74, 6) is -0.0374. The molecule has 1 aromatic heterocycles. The molecule has 0 radical (unpaired) electrons. The lowest BCUT2D eigenvalue weighted by Gasteiger charge is -2.14. The SMILES string of the molecule is CC1CC(=O)N(Cc2ccnc(N)c2)C1=O. The Kier molecular flexibility index (Phi) is 2.60. The molecular formula is C11H13N3O2. The molecule has 1 aliphatic heterocycles. The number of nitrogens with two attached hydrogens (primary N) is 1. The van der Waals surface area contributed by atoms with Gasteiger partial charge in [-0.1, -0.05) is 6.92 Å². The largest absolute Gasteiger partial charge is 0.384 e. The van der Waals surface area contributed by atoms with Gasteiger partial charge in [0, 0.05) is 18.5 Å². The molecule has 1 unspecified atom stereocenters. The van der Waals surface area contributed by atoms with Crippen molar-refractivity contribution in [3.8, 4) is 0 Å². The van der Waals surface area contributed by atoms with Crippen LogP contribution < -0.4 is 5.73 Å². The molecule has 0 aromatic carbocycles. The first-order valence-corrected chi connectivity index (χ1v) is 5.12. The van der Waals surface area contributed by atoms with Crippen molar-refractivity contribution < 1.29 is 9.59 Å². The fourth-order valence-electron chi connectivity index (χ4n) is 1.79. The number of amides is 2. The van der Waals surface area contributed by atoms with Crippen LogP contribution in [0.15, 0.2) is 18.3 Å². The Morgan fingerprint density at radius 2 is 2.31 bits per heavy atom. The molecule has 5 heteroatoms. The number of rotatable bonds is 2. The van der Waals surface area contributed by atoms with Crippen molar-refractivity contribution in [2.75, 3.05) is 5.73 Å². The van der Waals surface area contributed by atoms with Gasteiger partial charge in [0.15, 0.2) is 0 Å². The molecule has 0 bridgehead atoms. The Bertz CT molecular complexity index is 445. The molecule has 1 atom stereocenters. The number of pyridine rings is 1. The summed E-state index contributed by atoms with van der Waals surface area (Å²) in [5.41, 5.74) is 6.35. The molecular weight excluding hydrogens is 206 g/mol. The molecule has 0 spiro atoms. The van der Waals surface area contributed by atoms with Crippen LogP contribution in [0.25, 0.3) is 0 Å². The first-order chi connectivity index (χ1) is 7.58. The highest BCUT2D eigenvalue weighted by Crippen LogP contribution is 2.21. The summed E-state index contributed by atoms with van der Waals surface area (Å²) in [6.07, 6.45) is 1.87. The number of nitrogen functional groups attached to an aromatic ring is 1. The molecule has 2 heterocycles. The molecule has 1 aromatic rings. The van der Waals surface area contributed by atoms with E-state index in [1.807, 2.05) is 0 Å². The molecule has 2 rings (SSSR count). The van der Waals surface area contributed by atoms with E-state index in [2.05, 4.69) is 4.98 Å². The zero-order chi connectivity index (χ0) is 11.7. The van der Waals surface area contributed by atoms with Gasteiger partial charge in [0.05, 0.1) is 6.54 Å². The summed E-state index contributed by atoms with van der Waals surface area (Å²) in [6, 6.07) is 3.42. The van der Waals surface area contributed by atoms with Gasteiger partial charge in [-0.25, -0.2) is 4.98 Å². The van der Waals surface area contributed by atoms with E-state index in [0.29, 0.717) is 12.2 Å². The topological polar surface area (TPSA) is 76.3 Å². The summed E-state index contributed by atoms with van der Waals surface area (Å²) in [6.45, 7) is 2.05. The van der Waals surface area contributed by atoms with Gasteiger partial charge in [0.1, 0.15) is 5.82 Å². The van der Waals surface area contributed by atoms with Crippen molar-refractivity contribution in [2.45, 2.75) is 19.9 Å². The Balaban J connectivity index is 2.16. The number of likely N-dealkylation sites (tertiary alicyclic amines) is 1. The van der Waals surface area contributed by atoms with Crippen LogP contribution in [0.4, 0.5) is 5.82 Å². The molecule has 1 fully saturated rings. The molecule has 0 saturated carbocycles. The monoisotopic (exact) mass is 219 g/mol.